The van der Waals surface area contributed by atoms with Gasteiger partial charge in [-0.2, -0.15) is 0 Å². The first-order chi connectivity index (χ1) is 14.0. The van der Waals surface area contributed by atoms with Crippen molar-refractivity contribution in [3.8, 4) is 11.3 Å². The van der Waals surface area contributed by atoms with E-state index in [9.17, 15) is 14.4 Å². The summed E-state index contributed by atoms with van der Waals surface area (Å²) in [5.74, 6) is -0.648. The third-order valence-corrected chi connectivity index (χ3v) is 4.76. The van der Waals surface area contributed by atoms with E-state index in [4.69, 9.17) is 25.5 Å². The van der Waals surface area contributed by atoms with Gasteiger partial charge < -0.3 is 23.7 Å². The summed E-state index contributed by atoms with van der Waals surface area (Å²) < 4.78 is 15.5. The number of ether oxygens (including phenoxy) is 2. The summed E-state index contributed by atoms with van der Waals surface area (Å²) >= 11 is 6.12. The van der Waals surface area contributed by atoms with Crippen molar-refractivity contribution in [2.45, 2.75) is 6.92 Å². The molecular weight excluding hydrogens is 400 g/mol. The van der Waals surface area contributed by atoms with Gasteiger partial charge in [0, 0.05) is 31.7 Å². The molecule has 0 saturated carbocycles. The van der Waals surface area contributed by atoms with Gasteiger partial charge >= 0.3 is 12.1 Å². The van der Waals surface area contributed by atoms with E-state index < -0.39 is 18.7 Å². The predicted molar refractivity (Wildman–Crippen MR) is 105 cm³/mol. The minimum Gasteiger partial charge on any atom is -0.450 e. The van der Waals surface area contributed by atoms with Crippen LogP contribution in [0.4, 0.5) is 4.79 Å². The summed E-state index contributed by atoms with van der Waals surface area (Å²) in [6.07, 6.45) is -0.391. The monoisotopic (exact) mass is 420 g/mol. The average Bonchev–Trinajstić information content (AvgIpc) is 3.22. The van der Waals surface area contributed by atoms with Gasteiger partial charge in [-0.3, -0.25) is 4.79 Å². The van der Waals surface area contributed by atoms with E-state index in [-0.39, 0.29) is 11.7 Å². The number of carbonyl (C=O) groups is 3. The number of carbonyl (C=O) groups excluding carboxylic acids is 3. The number of hydrogen-bond acceptors (Lipinski definition) is 6. The molecule has 2 heterocycles. The van der Waals surface area contributed by atoms with E-state index >= 15 is 0 Å². The van der Waals surface area contributed by atoms with Crippen molar-refractivity contribution in [3.05, 3.63) is 47.2 Å². The average molecular weight is 421 g/mol. The van der Waals surface area contributed by atoms with E-state index in [0.29, 0.717) is 49.1 Å². The van der Waals surface area contributed by atoms with Gasteiger partial charge in [0.05, 0.1) is 11.6 Å². The fourth-order valence-corrected chi connectivity index (χ4v) is 3.13. The molecule has 2 amide bonds. The van der Waals surface area contributed by atoms with Crippen LogP contribution in [0.1, 0.15) is 17.5 Å². The molecule has 0 aliphatic carbocycles. The van der Waals surface area contributed by atoms with Gasteiger partial charge in [0.1, 0.15) is 5.76 Å². The van der Waals surface area contributed by atoms with Crippen LogP contribution in [0, 0.1) is 0 Å². The summed E-state index contributed by atoms with van der Waals surface area (Å²) in [6.45, 7) is 3.09. The Morgan fingerprint density at radius 2 is 1.69 bits per heavy atom. The number of halogens is 1. The van der Waals surface area contributed by atoms with E-state index in [1.807, 2.05) is 6.07 Å². The highest BCUT2D eigenvalue weighted by molar-refractivity contribution is 6.33. The Morgan fingerprint density at radius 3 is 2.38 bits per heavy atom. The van der Waals surface area contributed by atoms with Crippen LogP contribution in [-0.2, 0) is 14.3 Å². The molecule has 3 rings (SSSR count). The number of piperazine rings is 1. The van der Waals surface area contributed by atoms with E-state index in [0.717, 1.165) is 0 Å². The smallest absolute Gasteiger partial charge is 0.409 e. The first-order valence-corrected chi connectivity index (χ1v) is 9.58. The maximum Gasteiger partial charge on any atom is 0.409 e. The Balaban J connectivity index is 1.49. The number of furan rings is 1. The lowest BCUT2D eigenvalue weighted by Gasteiger charge is -2.33. The molecule has 154 valence electrons. The van der Waals surface area contributed by atoms with Gasteiger partial charge in [0.15, 0.2) is 6.61 Å². The highest BCUT2D eigenvalue weighted by atomic mass is 35.5. The van der Waals surface area contributed by atoms with Crippen molar-refractivity contribution in [1.82, 2.24) is 9.80 Å². The number of nitrogens with zero attached hydrogens (tertiary/aromatic N) is 2. The van der Waals surface area contributed by atoms with Crippen LogP contribution in [0.25, 0.3) is 11.3 Å². The lowest BCUT2D eigenvalue weighted by atomic mass is 10.2. The Morgan fingerprint density at radius 1 is 1.00 bits per heavy atom. The van der Waals surface area contributed by atoms with Crippen LogP contribution in [0.3, 0.4) is 0 Å². The van der Waals surface area contributed by atoms with Crippen LogP contribution in [0.15, 0.2) is 40.8 Å². The normalized spacial score (nSPS) is 13.9. The molecular formula is C20H21ClN2O6. The standard InChI is InChI=1S/C20H21ClN2O6/c1-2-27-20(26)23-11-9-22(10-12-23)18(24)13-28-19(25)17-8-7-16(29-17)14-5-3-4-6-15(14)21/h3-8H,2,9-13H2,1H3. The quantitative estimate of drug-likeness (QED) is 0.690. The zero-order valence-electron chi connectivity index (χ0n) is 15.9. The second-order valence-electron chi connectivity index (χ2n) is 6.29. The van der Waals surface area contributed by atoms with Gasteiger partial charge in [0.25, 0.3) is 5.91 Å². The molecule has 0 N–H and O–H groups in total. The molecule has 0 radical (unpaired) electrons. The second kappa shape index (κ2) is 9.47. The molecule has 1 saturated heterocycles. The van der Waals surface area contributed by atoms with Crippen molar-refractivity contribution in [2.75, 3.05) is 39.4 Å². The Labute approximate surface area is 172 Å². The molecule has 0 unspecified atom stereocenters. The number of benzene rings is 1. The van der Waals surface area contributed by atoms with Crippen molar-refractivity contribution < 1.29 is 28.3 Å². The molecule has 0 atom stereocenters. The highest BCUT2D eigenvalue weighted by Gasteiger charge is 2.26. The third kappa shape index (κ3) is 5.08. The minimum absolute atomic E-state index is 0.0140. The molecule has 0 bridgehead atoms. The molecule has 1 aromatic carbocycles. The Hall–Kier alpha value is -3.00. The molecule has 9 heteroatoms. The zero-order valence-corrected chi connectivity index (χ0v) is 16.7. The SMILES string of the molecule is CCOC(=O)N1CCN(C(=O)COC(=O)c2ccc(-c3ccccc3Cl)o2)CC1. The molecule has 29 heavy (non-hydrogen) atoms. The number of hydrogen-bond donors (Lipinski definition) is 0. The topological polar surface area (TPSA) is 89.3 Å². The van der Waals surface area contributed by atoms with E-state index in [1.54, 1.807) is 41.0 Å². The largest absolute Gasteiger partial charge is 0.450 e. The van der Waals surface area contributed by atoms with Crippen molar-refractivity contribution >= 4 is 29.6 Å². The summed E-state index contributed by atoms with van der Waals surface area (Å²) in [5.41, 5.74) is 0.656. The second-order valence-corrected chi connectivity index (χ2v) is 6.69. The maximum atomic E-state index is 12.3. The first kappa shape index (κ1) is 20.7. The summed E-state index contributed by atoms with van der Waals surface area (Å²) in [4.78, 5) is 39.2. The lowest BCUT2D eigenvalue weighted by molar-refractivity contribution is -0.136. The highest BCUT2D eigenvalue weighted by Crippen LogP contribution is 2.29. The van der Waals surface area contributed by atoms with Gasteiger partial charge in [-0.15, -0.1) is 0 Å². The van der Waals surface area contributed by atoms with Crippen LogP contribution in [-0.4, -0.2) is 67.2 Å². The van der Waals surface area contributed by atoms with Gasteiger partial charge in [-0.05, 0) is 31.2 Å². The lowest BCUT2D eigenvalue weighted by Crippen LogP contribution is -2.51. The van der Waals surface area contributed by atoms with Crippen LogP contribution < -0.4 is 0 Å². The van der Waals surface area contributed by atoms with Gasteiger partial charge in [-0.1, -0.05) is 23.7 Å². The van der Waals surface area contributed by atoms with E-state index in [2.05, 4.69) is 0 Å². The Kier molecular flexibility index (Phi) is 6.77. The van der Waals surface area contributed by atoms with Crippen molar-refractivity contribution in [3.63, 3.8) is 0 Å². The zero-order chi connectivity index (χ0) is 20.8. The molecule has 1 aromatic heterocycles. The molecule has 2 aromatic rings. The predicted octanol–water partition coefficient (Wildman–Crippen LogP) is 3.06. The van der Waals surface area contributed by atoms with Crippen LogP contribution in [0.2, 0.25) is 5.02 Å². The number of rotatable bonds is 5. The Bertz CT molecular complexity index is 889. The van der Waals surface area contributed by atoms with Gasteiger partial charge in [-0.25, -0.2) is 9.59 Å². The maximum absolute atomic E-state index is 12.3. The third-order valence-electron chi connectivity index (χ3n) is 4.43. The molecule has 0 spiro atoms. The fraction of sp³-hybridized carbons (Fsp3) is 0.350. The first-order valence-electron chi connectivity index (χ1n) is 9.21. The summed E-state index contributed by atoms with van der Waals surface area (Å²) in [6, 6.07) is 10.2. The fourth-order valence-electron chi connectivity index (χ4n) is 2.90. The van der Waals surface area contributed by atoms with Crippen molar-refractivity contribution in [1.29, 1.82) is 0 Å². The molecule has 1 fully saturated rings. The summed E-state index contributed by atoms with van der Waals surface area (Å²) in [5, 5.41) is 0.499. The van der Waals surface area contributed by atoms with Crippen LogP contribution >= 0.6 is 11.6 Å². The molecule has 1 aliphatic rings. The summed E-state index contributed by atoms with van der Waals surface area (Å²) in [7, 11) is 0. The minimum atomic E-state index is -0.734. The van der Waals surface area contributed by atoms with E-state index in [1.165, 1.54) is 6.07 Å². The van der Waals surface area contributed by atoms with Crippen LogP contribution in [0.5, 0.6) is 0 Å². The number of esters is 1. The number of amides is 2. The molecule has 8 nitrogen and oxygen atoms in total. The van der Waals surface area contributed by atoms with Gasteiger partial charge in [0.2, 0.25) is 5.76 Å². The van der Waals surface area contributed by atoms with Crippen molar-refractivity contribution in [2.24, 2.45) is 0 Å². The molecule has 1 aliphatic heterocycles.